The summed E-state index contributed by atoms with van der Waals surface area (Å²) in [6, 6.07) is 2.99. The van der Waals surface area contributed by atoms with Crippen LogP contribution in [0.2, 0.25) is 0 Å². The van der Waals surface area contributed by atoms with E-state index in [0.717, 1.165) is 0 Å². The lowest BCUT2D eigenvalue weighted by molar-refractivity contribution is -0.384. The van der Waals surface area contributed by atoms with Crippen LogP contribution in [0.3, 0.4) is 0 Å². The van der Waals surface area contributed by atoms with Crippen LogP contribution in [-0.4, -0.2) is 35.7 Å². The lowest BCUT2D eigenvalue weighted by atomic mass is 10.3. The van der Waals surface area contributed by atoms with Crippen LogP contribution < -0.4 is 10.6 Å². The third-order valence-corrected chi connectivity index (χ3v) is 2.38. The highest BCUT2D eigenvalue weighted by atomic mass is 16.6. The Hall–Kier alpha value is -1.89. The lowest BCUT2D eigenvalue weighted by Gasteiger charge is -2.15. The van der Waals surface area contributed by atoms with Crippen molar-refractivity contribution >= 4 is 17.3 Å². The first-order valence-electron chi connectivity index (χ1n) is 6.32. The molecule has 0 spiro atoms. The fraction of sp³-hybridized carbons (Fsp3) is 0.583. The number of anilines is 2. The number of nitrogens with one attached hydrogen (secondary N) is 2. The van der Waals surface area contributed by atoms with Gasteiger partial charge >= 0.3 is 5.69 Å². The van der Waals surface area contributed by atoms with Gasteiger partial charge in [0.2, 0.25) is 5.82 Å². The highest BCUT2D eigenvalue weighted by Gasteiger charge is 2.17. The van der Waals surface area contributed by atoms with Crippen LogP contribution in [0.4, 0.5) is 17.3 Å². The quantitative estimate of drug-likeness (QED) is 0.555. The Labute approximate surface area is 112 Å². The van der Waals surface area contributed by atoms with E-state index < -0.39 is 4.92 Å². The van der Waals surface area contributed by atoms with Crippen LogP contribution in [0.5, 0.6) is 0 Å². The van der Waals surface area contributed by atoms with E-state index in [9.17, 15) is 10.1 Å². The molecule has 0 aliphatic heterocycles. The molecule has 0 aliphatic rings. The summed E-state index contributed by atoms with van der Waals surface area (Å²) in [4.78, 5) is 14.7. The van der Waals surface area contributed by atoms with Crippen LogP contribution in [0.1, 0.15) is 20.8 Å². The standard InChI is InChI=1S/C12H20N4O3/c1-4-13-11-7-6-10(16(17)18)12(15-11)14-9(3)8-19-5-2/h6-7,9H,4-5,8H2,1-3H3,(H2,13,14,15). The number of nitrogens with zero attached hydrogens (tertiary/aromatic N) is 2. The van der Waals surface area contributed by atoms with Gasteiger partial charge in [0.15, 0.2) is 0 Å². The van der Waals surface area contributed by atoms with Gasteiger partial charge in [0, 0.05) is 25.3 Å². The molecule has 1 unspecified atom stereocenters. The zero-order valence-electron chi connectivity index (χ0n) is 11.5. The van der Waals surface area contributed by atoms with Crippen molar-refractivity contribution in [2.24, 2.45) is 0 Å². The number of hydrogen-bond acceptors (Lipinski definition) is 6. The molecule has 0 aliphatic carbocycles. The van der Waals surface area contributed by atoms with E-state index in [4.69, 9.17) is 4.74 Å². The fourth-order valence-corrected chi connectivity index (χ4v) is 1.55. The van der Waals surface area contributed by atoms with Gasteiger partial charge in [-0.25, -0.2) is 4.98 Å². The second-order valence-corrected chi connectivity index (χ2v) is 4.06. The molecule has 1 rings (SSSR count). The van der Waals surface area contributed by atoms with Gasteiger partial charge in [-0.3, -0.25) is 10.1 Å². The normalized spacial score (nSPS) is 11.9. The second-order valence-electron chi connectivity index (χ2n) is 4.06. The molecule has 0 bridgehead atoms. The minimum absolute atomic E-state index is 0.0370. The Morgan fingerprint density at radius 3 is 2.79 bits per heavy atom. The molecule has 1 aromatic rings. The topological polar surface area (TPSA) is 89.3 Å². The third kappa shape index (κ3) is 4.70. The molecular weight excluding hydrogens is 248 g/mol. The van der Waals surface area contributed by atoms with Crippen LogP contribution in [0.25, 0.3) is 0 Å². The number of aromatic nitrogens is 1. The van der Waals surface area contributed by atoms with Crippen molar-refractivity contribution in [2.75, 3.05) is 30.4 Å². The molecule has 19 heavy (non-hydrogen) atoms. The fourth-order valence-electron chi connectivity index (χ4n) is 1.55. The van der Waals surface area contributed by atoms with Crippen molar-refractivity contribution in [2.45, 2.75) is 26.8 Å². The van der Waals surface area contributed by atoms with Gasteiger partial charge in [-0.15, -0.1) is 0 Å². The molecule has 7 heteroatoms. The first-order valence-corrected chi connectivity index (χ1v) is 6.32. The van der Waals surface area contributed by atoms with Gasteiger partial charge in [-0.2, -0.15) is 0 Å². The van der Waals surface area contributed by atoms with E-state index in [0.29, 0.717) is 25.6 Å². The molecule has 106 valence electrons. The molecule has 0 radical (unpaired) electrons. The zero-order valence-corrected chi connectivity index (χ0v) is 11.5. The highest BCUT2D eigenvalue weighted by molar-refractivity contribution is 5.60. The molecule has 2 N–H and O–H groups in total. The third-order valence-electron chi connectivity index (χ3n) is 2.38. The Kier molecular flexibility index (Phi) is 6.01. The van der Waals surface area contributed by atoms with Gasteiger partial charge < -0.3 is 15.4 Å². The minimum atomic E-state index is -0.446. The maximum Gasteiger partial charge on any atom is 0.311 e. The summed E-state index contributed by atoms with van der Waals surface area (Å²) in [7, 11) is 0. The van der Waals surface area contributed by atoms with Crippen molar-refractivity contribution in [1.29, 1.82) is 0 Å². The van der Waals surface area contributed by atoms with Gasteiger partial charge in [-0.05, 0) is 26.8 Å². The summed E-state index contributed by atoms with van der Waals surface area (Å²) in [5.41, 5.74) is -0.0370. The summed E-state index contributed by atoms with van der Waals surface area (Å²) in [5.74, 6) is 0.870. The molecule has 1 atom stereocenters. The molecule has 0 saturated carbocycles. The average molecular weight is 268 g/mol. The number of nitro groups is 1. The molecule has 1 heterocycles. The van der Waals surface area contributed by atoms with E-state index >= 15 is 0 Å². The molecule has 0 aromatic carbocycles. The minimum Gasteiger partial charge on any atom is -0.380 e. The van der Waals surface area contributed by atoms with Crippen molar-refractivity contribution in [3.8, 4) is 0 Å². The Morgan fingerprint density at radius 1 is 1.47 bits per heavy atom. The smallest absolute Gasteiger partial charge is 0.311 e. The second kappa shape index (κ2) is 7.52. The van der Waals surface area contributed by atoms with Crippen molar-refractivity contribution in [3.05, 3.63) is 22.2 Å². The van der Waals surface area contributed by atoms with E-state index in [1.807, 2.05) is 20.8 Å². The average Bonchev–Trinajstić information content (AvgIpc) is 2.36. The van der Waals surface area contributed by atoms with Crippen LogP contribution in [0, 0.1) is 10.1 Å². The summed E-state index contributed by atoms with van der Waals surface area (Å²) in [5, 5.41) is 17.0. The molecule has 0 saturated heterocycles. The predicted molar refractivity (Wildman–Crippen MR) is 74.6 cm³/mol. The number of hydrogen-bond donors (Lipinski definition) is 2. The maximum atomic E-state index is 11.0. The highest BCUT2D eigenvalue weighted by Crippen LogP contribution is 2.24. The summed E-state index contributed by atoms with van der Waals surface area (Å²) >= 11 is 0. The SMILES string of the molecule is CCNc1ccc([N+](=O)[O-])c(NC(C)COCC)n1. The Bertz CT molecular complexity index is 425. The van der Waals surface area contributed by atoms with Crippen molar-refractivity contribution < 1.29 is 9.66 Å². The molecule has 7 nitrogen and oxygen atoms in total. The molecular formula is C12H20N4O3. The van der Waals surface area contributed by atoms with Gasteiger partial charge in [0.1, 0.15) is 5.82 Å². The van der Waals surface area contributed by atoms with Crippen LogP contribution >= 0.6 is 0 Å². The van der Waals surface area contributed by atoms with E-state index in [-0.39, 0.29) is 17.5 Å². The molecule has 1 aromatic heterocycles. The van der Waals surface area contributed by atoms with Crippen LogP contribution in [0.15, 0.2) is 12.1 Å². The van der Waals surface area contributed by atoms with Crippen molar-refractivity contribution in [1.82, 2.24) is 4.98 Å². The zero-order chi connectivity index (χ0) is 14.3. The lowest BCUT2D eigenvalue weighted by Crippen LogP contribution is -2.23. The van der Waals surface area contributed by atoms with Crippen molar-refractivity contribution in [3.63, 3.8) is 0 Å². The van der Waals surface area contributed by atoms with Gasteiger partial charge in [0.25, 0.3) is 0 Å². The van der Waals surface area contributed by atoms with E-state index in [1.165, 1.54) is 6.07 Å². The van der Waals surface area contributed by atoms with E-state index in [1.54, 1.807) is 6.07 Å². The first kappa shape index (κ1) is 15.2. The van der Waals surface area contributed by atoms with Gasteiger partial charge in [-0.1, -0.05) is 0 Å². The largest absolute Gasteiger partial charge is 0.380 e. The van der Waals surface area contributed by atoms with Crippen LogP contribution in [-0.2, 0) is 4.74 Å². The first-order chi connectivity index (χ1) is 9.08. The molecule has 0 amide bonds. The monoisotopic (exact) mass is 268 g/mol. The maximum absolute atomic E-state index is 11.0. The number of rotatable bonds is 8. The summed E-state index contributed by atoms with van der Waals surface area (Å²) < 4.78 is 5.27. The predicted octanol–water partition coefficient (Wildman–Crippen LogP) is 2.26. The Morgan fingerprint density at radius 2 is 2.21 bits per heavy atom. The van der Waals surface area contributed by atoms with Gasteiger partial charge in [0.05, 0.1) is 11.5 Å². The molecule has 0 fully saturated rings. The summed E-state index contributed by atoms with van der Waals surface area (Å²) in [6.45, 7) is 7.52. The number of ether oxygens (including phenoxy) is 1. The Balaban J connectivity index is 2.87. The number of pyridine rings is 1. The van der Waals surface area contributed by atoms with E-state index in [2.05, 4.69) is 15.6 Å². The summed E-state index contributed by atoms with van der Waals surface area (Å²) in [6.07, 6.45) is 0.